The van der Waals surface area contributed by atoms with E-state index in [2.05, 4.69) is 53.6 Å². The quantitative estimate of drug-likeness (QED) is 0.874. The van der Waals surface area contributed by atoms with Crippen LogP contribution in [0.3, 0.4) is 0 Å². The second-order valence-corrected chi connectivity index (χ2v) is 4.70. The largest absolute Gasteiger partial charge is 0.378 e. The number of nitrogens with one attached hydrogen (secondary N) is 1. The van der Waals surface area contributed by atoms with E-state index in [-0.39, 0.29) is 0 Å². The van der Waals surface area contributed by atoms with Gasteiger partial charge in [-0.25, -0.2) is 4.98 Å². The lowest BCUT2D eigenvalue weighted by Crippen LogP contribution is -2.13. The van der Waals surface area contributed by atoms with Gasteiger partial charge in [0.1, 0.15) is 5.82 Å². The van der Waals surface area contributed by atoms with E-state index in [1.54, 1.807) is 0 Å². The Hall–Kier alpha value is -1.81. The zero-order valence-corrected chi connectivity index (χ0v) is 11.2. The van der Waals surface area contributed by atoms with Crippen molar-refractivity contribution in [2.75, 3.05) is 19.4 Å². The van der Waals surface area contributed by atoms with Crippen LogP contribution in [0.1, 0.15) is 11.4 Å². The molecule has 1 N–H and O–H groups in total. The average molecular weight is 244 g/mol. The SMILES string of the molecule is CN(C)Cc1ccccc1NCc1nccn1C. The van der Waals surface area contributed by atoms with E-state index in [9.17, 15) is 0 Å². The number of para-hydroxylation sites is 1. The summed E-state index contributed by atoms with van der Waals surface area (Å²) >= 11 is 0. The number of aromatic nitrogens is 2. The molecule has 0 fully saturated rings. The van der Waals surface area contributed by atoms with Gasteiger partial charge in [-0.15, -0.1) is 0 Å². The Morgan fingerprint density at radius 2 is 2.06 bits per heavy atom. The number of hydrogen-bond donors (Lipinski definition) is 1. The first-order valence-corrected chi connectivity index (χ1v) is 6.09. The van der Waals surface area contributed by atoms with Crippen LogP contribution in [-0.2, 0) is 20.1 Å². The highest BCUT2D eigenvalue weighted by molar-refractivity contribution is 5.51. The first-order chi connectivity index (χ1) is 8.66. The van der Waals surface area contributed by atoms with Crippen LogP contribution in [0.2, 0.25) is 0 Å². The van der Waals surface area contributed by atoms with Gasteiger partial charge in [-0.05, 0) is 25.7 Å². The van der Waals surface area contributed by atoms with Gasteiger partial charge in [0, 0.05) is 31.7 Å². The number of hydrogen-bond acceptors (Lipinski definition) is 3. The third kappa shape index (κ3) is 3.11. The lowest BCUT2D eigenvalue weighted by molar-refractivity contribution is 0.403. The highest BCUT2D eigenvalue weighted by Gasteiger charge is 2.04. The molecule has 2 aromatic rings. The topological polar surface area (TPSA) is 33.1 Å². The third-order valence-corrected chi connectivity index (χ3v) is 2.86. The van der Waals surface area contributed by atoms with Crippen LogP contribution in [0.5, 0.6) is 0 Å². The van der Waals surface area contributed by atoms with Crippen LogP contribution in [-0.4, -0.2) is 28.5 Å². The molecule has 0 aliphatic carbocycles. The average Bonchev–Trinajstić information content (AvgIpc) is 2.73. The molecule has 4 heteroatoms. The van der Waals surface area contributed by atoms with Crippen molar-refractivity contribution in [2.45, 2.75) is 13.1 Å². The zero-order chi connectivity index (χ0) is 13.0. The van der Waals surface area contributed by atoms with Crippen molar-refractivity contribution >= 4 is 5.69 Å². The summed E-state index contributed by atoms with van der Waals surface area (Å²) in [6.45, 7) is 1.68. The Morgan fingerprint density at radius 1 is 1.28 bits per heavy atom. The maximum absolute atomic E-state index is 4.31. The van der Waals surface area contributed by atoms with Crippen LogP contribution in [0.15, 0.2) is 36.7 Å². The highest BCUT2D eigenvalue weighted by Crippen LogP contribution is 2.17. The molecule has 0 saturated carbocycles. The van der Waals surface area contributed by atoms with Gasteiger partial charge in [0.2, 0.25) is 0 Å². The van der Waals surface area contributed by atoms with Gasteiger partial charge in [-0.1, -0.05) is 18.2 Å². The molecule has 0 saturated heterocycles. The Kier molecular flexibility index (Phi) is 3.99. The molecule has 0 radical (unpaired) electrons. The van der Waals surface area contributed by atoms with Crippen molar-refractivity contribution < 1.29 is 0 Å². The molecule has 0 atom stereocenters. The van der Waals surface area contributed by atoms with Gasteiger partial charge in [0.05, 0.1) is 6.54 Å². The number of imidazole rings is 1. The molecule has 0 bridgehead atoms. The van der Waals surface area contributed by atoms with E-state index in [0.717, 1.165) is 18.9 Å². The minimum atomic E-state index is 0.744. The van der Waals surface area contributed by atoms with Crippen molar-refractivity contribution in [1.29, 1.82) is 0 Å². The lowest BCUT2D eigenvalue weighted by Gasteiger charge is -2.15. The van der Waals surface area contributed by atoms with Crippen LogP contribution in [0.25, 0.3) is 0 Å². The van der Waals surface area contributed by atoms with E-state index in [1.165, 1.54) is 11.3 Å². The molecule has 0 amide bonds. The van der Waals surface area contributed by atoms with E-state index < -0.39 is 0 Å². The summed E-state index contributed by atoms with van der Waals surface area (Å²) in [4.78, 5) is 6.48. The van der Waals surface area contributed by atoms with Crippen LogP contribution in [0.4, 0.5) is 5.69 Å². The number of rotatable bonds is 5. The van der Waals surface area contributed by atoms with Crippen molar-refractivity contribution in [1.82, 2.24) is 14.5 Å². The van der Waals surface area contributed by atoms with Gasteiger partial charge in [0.15, 0.2) is 0 Å². The van der Waals surface area contributed by atoms with Crippen LogP contribution in [0, 0.1) is 0 Å². The number of benzene rings is 1. The number of aryl methyl sites for hydroxylation is 1. The maximum atomic E-state index is 4.31. The molecule has 2 rings (SSSR count). The second-order valence-electron chi connectivity index (χ2n) is 4.70. The zero-order valence-electron chi connectivity index (χ0n) is 11.2. The van der Waals surface area contributed by atoms with Gasteiger partial charge in [-0.2, -0.15) is 0 Å². The Bertz CT molecular complexity index is 502. The molecule has 18 heavy (non-hydrogen) atoms. The predicted octanol–water partition coefficient (Wildman–Crippen LogP) is 2.09. The van der Waals surface area contributed by atoms with Crippen LogP contribution >= 0.6 is 0 Å². The smallest absolute Gasteiger partial charge is 0.127 e. The van der Waals surface area contributed by atoms with E-state index >= 15 is 0 Å². The monoisotopic (exact) mass is 244 g/mol. The van der Waals surface area contributed by atoms with Gasteiger partial charge in [-0.3, -0.25) is 0 Å². The summed E-state index contributed by atoms with van der Waals surface area (Å²) in [5, 5.41) is 3.45. The first kappa shape index (κ1) is 12.6. The van der Waals surface area contributed by atoms with Crippen molar-refractivity contribution in [2.24, 2.45) is 7.05 Å². The predicted molar refractivity (Wildman–Crippen MR) is 74.4 cm³/mol. The minimum absolute atomic E-state index is 0.744. The normalized spacial score (nSPS) is 10.9. The van der Waals surface area contributed by atoms with E-state index in [4.69, 9.17) is 0 Å². The summed E-state index contributed by atoms with van der Waals surface area (Å²) < 4.78 is 2.03. The van der Waals surface area contributed by atoms with E-state index in [1.807, 2.05) is 24.0 Å². The summed E-state index contributed by atoms with van der Waals surface area (Å²) in [6, 6.07) is 8.40. The molecule has 1 heterocycles. The number of anilines is 1. The molecule has 4 nitrogen and oxygen atoms in total. The van der Waals surface area contributed by atoms with Crippen molar-refractivity contribution in [3.05, 3.63) is 48.0 Å². The molecule has 0 spiro atoms. The second kappa shape index (κ2) is 5.69. The molecule has 1 aromatic carbocycles. The third-order valence-electron chi connectivity index (χ3n) is 2.86. The Balaban J connectivity index is 2.07. The van der Waals surface area contributed by atoms with Gasteiger partial charge < -0.3 is 14.8 Å². The van der Waals surface area contributed by atoms with E-state index in [0.29, 0.717) is 0 Å². The van der Waals surface area contributed by atoms with Crippen molar-refractivity contribution in [3.63, 3.8) is 0 Å². The molecule has 96 valence electrons. The summed E-state index contributed by atoms with van der Waals surface area (Å²) in [5.74, 6) is 1.04. The molecule has 1 aromatic heterocycles. The fourth-order valence-electron chi connectivity index (χ4n) is 1.91. The minimum Gasteiger partial charge on any atom is -0.378 e. The van der Waals surface area contributed by atoms with Crippen molar-refractivity contribution in [3.8, 4) is 0 Å². The Labute approximate surface area is 108 Å². The molecule has 0 aliphatic heterocycles. The van der Waals surface area contributed by atoms with Crippen LogP contribution < -0.4 is 5.32 Å². The first-order valence-electron chi connectivity index (χ1n) is 6.09. The fraction of sp³-hybridized carbons (Fsp3) is 0.357. The Morgan fingerprint density at radius 3 is 2.72 bits per heavy atom. The maximum Gasteiger partial charge on any atom is 0.127 e. The van der Waals surface area contributed by atoms with Gasteiger partial charge >= 0.3 is 0 Å². The molecule has 0 unspecified atom stereocenters. The summed E-state index contributed by atoms with van der Waals surface area (Å²) in [6.07, 6.45) is 3.78. The highest BCUT2D eigenvalue weighted by atomic mass is 15.1. The van der Waals surface area contributed by atoms with Gasteiger partial charge in [0.25, 0.3) is 0 Å². The molecular formula is C14H20N4. The number of nitrogens with zero attached hydrogens (tertiary/aromatic N) is 3. The molecule has 0 aliphatic rings. The fourth-order valence-corrected chi connectivity index (χ4v) is 1.91. The lowest BCUT2D eigenvalue weighted by atomic mass is 10.1. The molecular weight excluding hydrogens is 224 g/mol. The summed E-state index contributed by atoms with van der Waals surface area (Å²) in [5.41, 5.74) is 2.48. The standard InChI is InChI=1S/C14H20N4/c1-17(2)11-12-6-4-5-7-13(12)16-10-14-15-8-9-18(14)3/h4-9,16H,10-11H2,1-3H3. The summed E-state index contributed by atoms with van der Waals surface area (Å²) in [7, 11) is 6.17.